The second kappa shape index (κ2) is 4.48. The van der Waals surface area contributed by atoms with E-state index < -0.39 is 0 Å². The number of hydrazone groups is 1. The maximum absolute atomic E-state index is 11.1. The van der Waals surface area contributed by atoms with Gasteiger partial charge in [0.1, 0.15) is 5.75 Å². The van der Waals surface area contributed by atoms with Crippen LogP contribution in [-0.2, 0) is 4.79 Å². The zero-order chi connectivity index (χ0) is 11.4. The highest BCUT2D eigenvalue weighted by molar-refractivity contribution is 6.15. The van der Waals surface area contributed by atoms with Crippen molar-refractivity contribution in [2.75, 3.05) is 12.4 Å². The van der Waals surface area contributed by atoms with Crippen molar-refractivity contribution in [3.8, 4) is 5.75 Å². The van der Waals surface area contributed by atoms with Crippen molar-refractivity contribution in [3.63, 3.8) is 0 Å². The van der Waals surface area contributed by atoms with Crippen LogP contribution in [0.1, 0.15) is 0 Å². The van der Waals surface area contributed by atoms with Gasteiger partial charge in [0.05, 0.1) is 18.9 Å². The lowest BCUT2D eigenvalue weighted by Gasteiger charge is -2.03. The lowest BCUT2D eigenvalue weighted by Crippen LogP contribution is -2.12. The fourth-order valence-electron chi connectivity index (χ4n) is 1.23. The molecule has 0 saturated heterocycles. The standard InChI is InChI=1S/C11H11N3O2/c1-16-10-4-2-9(3-5-10)12-6-8-7-13-14-11(8)15/h2-7,12H,1H3,(H,14,15). The molecule has 2 rings (SSSR count). The van der Waals surface area contributed by atoms with Gasteiger partial charge in [0.25, 0.3) is 5.91 Å². The Morgan fingerprint density at radius 1 is 1.38 bits per heavy atom. The van der Waals surface area contributed by atoms with Gasteiger partial charge in [-0.15, -0.1) is 0 Å². The highest BCUT2D eigenvalue weighted by Crippen LogP contribution is 2.15. The van der Waals surface area contributed by atoms with Crippen LogP contribution in [0.3, 0.4) is 0 Å². The average Bonchev–Trinajstić information content (AvgIpc) is 2.73. The van der Waals surface area contributed by atoms with E-state index in [1.165, 1.54) is 6.21 Å². The van der Waals surface area contributed by atoms with Crippen molar-refractivity contribution in [1.82, 2.24) is 5.43 Å². The van der Waals surface area contributed by atoms with E-state index in [9.17, 15) is 4.79 Å². The van der Waals surface area contributed by atoms with Gasteiger partial charge in [-0.2, -0.15) is 5.10 Å². The number of carbonyl (C=O) groups is 1. The van der Waals surface area contributed by atoms with Crippen LogP contribution in [0.2, 0.25) is 0 Å². The second-order valence-electron chi connectivity index (χ2n) is 3.17. The van der Waals surface area contributed by atoms with E-state index in [0.717, 1.165) is 11.4 Å². The van der Waals surface area contributed by atoms with E-state index >= 15 is 0 Å². The minimum Gasteiger partial charge on any atom is -0.497 e. The van der Waals surface area contributed by atoms with E-state index in [1.54, 1.807) is 13.3 Å². The summed E-state index contributed by atoms with van der Waals surface area (Å²) in [5.74, 6) is 0.583. The Bertz CT molecular complexity index is 449. The van der Waals surface area contributed by atoms with Gasteiger partial charge in [0.2, 0.25) is 0 Å². The number of ether oxygens (including phenoxy) is 1. The second-order valence-corrected chi connectivity index (χ2v) is 3.17. The van der Waals surface area contributed by atoms with Crippen molar-refractivity contribution in [1.29, 1.82) is 0 Å². The molecule has 5 nitrogen and oxygen atoms in total. The molecular formula is C11H11N3O2. The summed E-state index contributed by atoms with van der Waals surface area (Å²) in [5, 5.41) is 6.63. The summed E-state index contributed by atoms with van der Waals surface area (Å²) >= 11 is 0. The molecule has 0 fully saturated rings. The first-order valence-electron chi connectivity index (χ1n) is 4.74. The molecule has 2 N–H and O–H groups in total. The molecule has 1 aromatic rings. The maximum Gasteiger partial charge on any atom is 0.274 e. The van der Waals surface area contributed by atoms with Gasteiger partial charge in [-0.25, -0.2) is 5.43 Å². The summed E-state index contributed by atoms with van der Waals surface area (Å²) in [7, 11) is 1.61. The number of anilines is 1. The van der Waals surface area contributed by atoms with Crippen LogP contribution in [0.25, 0.3) is 0 Å². The van der Waals surface area contributed by atoms with E-state index in [4.69, 9.17) is 4.74 Å². The van der Waals surface area contributed by atoms with Gasteiger partial charge in [0.15, 0.2) is 0 Å². The summed E-state index contributed by atoms with van der Waals surface area (Å²) in [4.78, 5) is 11.1. The fourth-order valence-corrected chi connectivity index (χ4v) is 1.23. The van der Waals surface area contributed by atoms with Gasteiger partial charge < -0.3 is 10.1 Å². The number of methoxy groups -OCH3 is 1. The van der Waals surface area contributed by atoms with Gasteiger partial charge in [-0.05, 0) is 24.3 Å². The Morgan fingerprint density at radius 2 is 2.12 bits per heavy atom. The maximum atomic E-state index is 11.1. The topological polar surface area (TPSA) is 62.7 Å². The lowest BCUT2D eigenvalue weighted by atomic mass is 10.3. The van der Waals surface area contributed by atoms with E-state index in [0.29, 0.717) is 5.57 Å². The van der Waals surface area contributed by atoms with Crippen LogP contribution in [0.15, 0.2) is 41.1 Å². The van der Waals surface area contributed by atoms with Crippen molar-refractivity contribution in [2.45, 2.75) is 0 Å². The van der Waals surface area contributed by atoms with Gasteiger partial charge in [0, 0.05) is 11.9 Å². The molecule has 1 aliphatic rings. The first-order chi connectivity index (χ1) is 7.79. The molecule has 1 aromatic carbocycles. The molecule has 1 heterocycles. The minimum absolute atomic E-state index is 0.207. The third-order valence-electron chi connectivity index (χ3n) is 2.12. The molecular weight excluding hydrogens is 206 g/mol. The van der Waals surface area contributed by atoms with Crippen molar-refractivity contribution in [2.24, 2.45) is 5.10 Å². The summed E-state index contributed by atoms with van der Waals surface area (Å²) < 4.78 is 5.04. The summed E-state index contributed by atoms with van der Waals surface area (Å²) in [5.41, 5.74) is 3.70. The first kappa shape index (κ1) is 10.2. The third-order valence-corrected chi connectivity index (χ3v) is 2.12. The smallest absolute Gasteiger partial charge is 0.274 e. The van der Waals surface area contributed by atoms with Crippen LogP contribution in [-0.4, -0.2) is 19.2 Å². The molecule has 5 heteroatoms. The summed E-state index contributed by atoms with van der Waals surface area (Å²) in [6.45, 7) is 0. The Balaban J connectivity index is 2.04. The largest absolute Gasteiger partial charge is 0.497 e. The average molecular weight is 217 g/mol. The number of carbonyl (C=O) groups excluding carboxylic acids is 1. The molecule has 0 atom stereocenters. The molecule has 1 aliphatic heterocycles. The number of hydrogen-bond acceptors (Lipinski definition) is 4. The molecule has 0 bridgehead atoms. The monoisotopic (exact) mass is 217 g/mol. The highest BCUT2D eigenvalue weighted by Gasteiger charge is 2.10. The Morgan fingerprint density at radius 3 is 2.69 bits per heavy atom. The predicted molar refractivity (Wildman–Crippen MR) is 61.3 cm³/mol. The molecule has 16 heavy (non-hydrogen) atoms. The predicted octanol–water partition coefficient (Wildman–Crippen LogP) is 1.11. The molecule has 0 unspecified atom stereocenters. The number of nitrogens with one attached hydrogen (secondary N) is 2. The quantitative estimate of drug-likeness (QED) is 0.745. The molecule has 0 saturated carbocycles. The van der Waals surface area contributed by atoms with Crippen LogP contribution < -0.4 is 15.5 Å². The number of benzene rings is 1. The molecule has 0 radical (unpaired) electrons. The highest BCUT2D eigenvalue weighted by atomic mass is 16.5. The van der Waals surface area contributed by atoms with Crippen molar-refractivity contribution >= 4 is 17.8 Å². The van der Waals surface area contributed by atoms with Crippen LogP contribution >= 0.6 is 0 Å². The van der Waals surface area contributed by atoms with Crippen LogP contribution in [0.4, 0.5) is 5.69 Å². The summed E-state index contributed by atoms with van der Waals surface area (Å²) in [6, 6.07) is 7.40. The Kier molecular flexibility index (Phi) is 2.86. The molecule has 0 spiro atoms. The van der Waals surface area contributed by atoms with Gasteiger partial charge >= 0.3 is 0 Å². The molecule has 0 aromatic heterocycles. The minimum atomic E-state index is -0.207. The molecule has 82 valence electrons. The van der Waals surface area contributed by atoms with E-state index in [1.807, 2.05) is 24.3 Å². The summed E-state index contributed by atoms with van der Waals surface area (Å²) in [6.07, 6.45) is 3.08. The fraction of sp³-hybridized carbons (Fsp3) is 0.0909. The van der Waals surface area contributed by atoms with E-state index in [2.05, 4.69) is 15.8 Å². The molecule has 1 amide bonds. The number of hydrogen-bond donors (Lipinski definition) is 2. The number of nitrogens with zero attached hydrogens (tertiary/aromatic N) is 1. The zero-order valence-corrected chi connectivity index (χ0v) is 8.73. The number of amides is 1. The van der Waals surface area contributed by atoms with Gasteiger partial charge in [-0.3, -0.25) is 4.79 Å². The third kappa shape index (κ3) is 2.20. The van der Waals surface area contributed by atoms with Crippen molar-refractivity contribution in [3.05, 3.63) is 36.0 Å². The lowest BCUT2D eigenvalue weighted by molar-refractivity contribution is -0.116. The SMILES string of the molecule is COc1ccc(NC=C2C=NNC2=O)cc1. The molecule has 0 aliphatic carbocycles. The van der Waals surface area contributed by atoms with Crippen molar-refractivity contribution < 1.29 is 9.53 Å². The Labute approximate surface area is 92.8 Å². The Hall–Kier alpha value is -2.30. The van der Waals surface area contributed by atoms with Crippen LogP contribution in [0.5, 0.6) is 5.75 Å². The van der Waals surface area contributed by atoms with E-state index in [-0.39, 0.29) is 5.91 Å². The first-order valence-corrected chi connectivity index (χ1v) is 4.74. The van der Waals surface area contributed by atoms with Crippen LogP contribution in [0, 0.1) is 0 Å². The number of rotatable bonds is 3. The zero-order valence-electron chi connectivity index (χ0n) is 8.73. The van der Waals surface area contributed by atoms with Gasteiger partial charge in [-0.1, -0.05) is 0 Å². The normalized spacial score (nSPS) is 16.3.